The molecule has 0 aliphatic carbocycles. The lowest BCUT2D eigenvalue weighted by Crippen LogP contribution is -2.30. The third-order valence-electron chi connectivity index (χ3n) is 4.94. The maximum Gasteiger partial charge on any atom is 0.295 e. The molecule has 0 aromatic heterocycles. The lowest BCUT2D eigenvalue weighted by atomic mass is 10.1. The minimum absolute atomic E-state index is 0.0466. The predicted molar refractivity (Wildman–Crippen MR) is 125 cm³/mol. The van der Waals surface area contributed by atoms with Gasteiger partial charge in [0.15, 0.2) is 11.5 Å². The highest BCUT2D eigenvalue weighted by Crippen LogP contribution is 2.38. The van der Waals surface area contributed by atoms with Gasteiger partial charge in [0.25, 0.3) is 5.69 Å². The van der Waals surface area contributed by atoms with E-state index < -0.39 is 20.6 Å². The first-order valence-corrected chi connectivity index (χ1v) is 11.5. The summed E-state index contributed by atoms with van der Waals surface area (Å²) < 4.78 is 42.7. The molecule has 0 saturated heterocycles. The number of anilines is 1. The zero-order valence-corrected chi connectivity index (χ0v) is 20.2. The summed E-state index contributed by atoms with van der Waals surface area (Å²) in [7, 11) is 0.625. The number of sulfonamides is 1. The maximum atomic E-state index is 12.7. The zero-order chi connectivity index (χ0) is 24.8. The number of rotatable bonds is 11. The van der Waals surface area contributed by atoms with Crippen molar-refractivity contribution in [2.24, 2.45) is 5.10 Å². The summed E-state index contributed by atoms with van der Waals surface area (Å²) in [6, 6.07) is 7.04. The Bertz CT molecular complexity index is 1120. The normalized spacial score (nSPS) is 11.9. The van der Waals surface area contributed by atoms with E-state index in [-0.39, 0.29) is 23.7 Å². The number of nitrogens with one attached hydrogen (secondary N) is 1. The van der Waals surface area contributed by atoms with Crippen molar-refractivity contribution in [3.05, 3.63) is 46.0 Å². The molecule has 0 unspecified atom stereocenters. The number of hydrogen-bond donors (Lipinski definition) is 1. The Morgan fingerprint density at radius 2 is 1.64 bits per heavy atom. The van der Waals surface area contributed by atoms with Gasteiger partial charge in [-0.3, -0.25) is 15.5 Å². The molecule has 180 valence electrons. The maximum absolute atomic E-state index is 12.7. The fraction of sp³-hybridized carbons (Fsp3) is 0.381. The van der Waals surface area contributed by atoms with Crippen LogP contribution < -0.4 is 19.6 Å². The molecule has 2 aromatic carbocycles. The van der Waals surface area contributed by atoms with E-state index in [0.717, 1.165) is 6.07 Å². The van der Waals surface area contributed by atoms with Crippen molar-refractivity contribution in [3.8, 4) is 17.2 Å². The SMILES string of the molecule is CCN(CC)S(=O)(=O)c1ccc(N/N=C(\C)c2cc(OC)c(OC)c(OC)c2)c([N+](=O)[O-])c1. The van der Waals surface area contributed by atoms with Crippen molar-refractivity contribution in [2.75, 3.05) is 39.8 Å². The average molecular weight is 481 g/mol. The van der Waals surface area contributed by atoms with Gasteiger partial charge in [0.1, 0.15) is 5.69 Å². The summed E-state index contributed by atoms with van der Waals surface area (Å²) in [6.07, 6.45) is 0. The van der Waals surface area contributed by atoms with E-state index in [4.69, 9.17) is 14.2 Å². The third-order valence-corrected chi connectivity index (χ3v) is 6.98. The van der Waals surface area contributed by atoms with Crippen molar-refractivity contribution >= 4 is 27.1 Å². The molecule has 12 heteroatoms. The summed E-state index contributed by atoms with van der Waals surface area (Å²) >= 11 is 0. The monoisotopic (exact) mass is 480 g/mol. The molecule has 0 heterocycles. The van der Waals surface area contributed by atoms with Gasteiger partial charge in [0.05, 0.1) is 36.9 Å². The zero-order valence-electron chi connectivity index (χ0n) is 19.4. The summed E-state index contributed by atoms with van der Waals surface area (Å²) in [4.78, 5) is 10.8. The Labute approximate surface area is 193 Å². The lowest BCUT2D eigenvalue weighted by Gasteiger charge is -2.18. The van der Waals surface area contributed by atoms with Crippen LogP contribution in [-0.4, -0.2) is 57.8 Å². The van der Waals surface area contributed by atoms with Crippen LogP contribution in [0.15, 0.2) is 40.3 Å². The highest BCUT2D eigenvalue weighted by molar-refractivity contribution is 7.89. The number of hydrogen-bond acceptors (Lipinski definition) is 9. The van der Waals surface area contributed by atoms with Crippen molar-refractivity contribution in [1.29, 1.82) is 0 Å². The molecule has 33 heavy (non-hydrogen) atoms. The van der Waals surface area contributed by atoms with Crippen LogP contribution in [-0.2, 0) is 10.0 Å². The minimum Gasteiger partial charge on any atom is -0.493 e. The van der Waals surface area contributed by atoms with E-state index in [1.54, 1.807) is 32.9 Å². The summed E-state index contributed by atoms with van der Waals surface area (Å²) in [5, 5.41) is 15.8. The first-order chi connectivity index (χ1) is 15.6. The summed E-state index contributed by atoms with van der Waals surface area (Å²) in [5.74, 6) is 1.28. The highest BCUT2D eigenvalue weighted by atomic mass is 32.2. The number of ether oxygens (including phenoxy) is 3. The Hall–Kier alpha value is -3.38. The number of hydrazone groups is 1. The Kier molecular flexibility index (Phi) is 8.60. The number of benzene rings is 2. The van der Waals surface area contributed by atoms with Crippen LogP contribution >= 0.6 is 0 Å². The van der Waals surface area contributed by atoms with Gasteiger partial charge in [0.2, 0.25) is 15.8 Å². The molecule has 11 nitrogen and oxygen atoms in total. The van der Waals surface area contributed by atoms with Crippen LogP contribution in [0, 0.1) is 10.1 Å². The van der Waals surface area contributed by atoms with Crippen LogP contribution in [0.25, 0.3) is 0 Å². The molecule has 0 saturated carbocycles. The van der Waals surface area contributed by atoms with Crippen LogP contribution in [0.3, 0.4) is 0 Å². The fourth-order valence-corrected chi connectivity index (χ4v) is 4.61. The van der Waals surface area contributed by atoms with E-state index in [1.165, 1.54) is 37.8 Å². The first kappa shape index (κ1) is 25.9. The van der Waals surface area contributed by atoms with Crippen molar-refractivity contribution in [2.45, 2.75) is 25.7 Å². The highest BCUT2D eigenvalue weighted by Gasteiger charge is 2.25. The molecule has 0 atom stereocenters. The van der Waals surface area contributed by atoms with Gasteiger partial charge in [-0.15, -0.1) is 0 Å². The van der Waals surface area contributed by atoms with E-state index in [2.05, 4.69) is 10.5 Å². The molecular formula is C21H28N4O7S. The predicted octanol–water partition coefficient (Wildman–Crippen LogP) is 3.49. The van der Waals surface area contributed by atoms with Crippen molar-refractivity contribution < 1.29 is 27.6 Å². The first-order valence-electron chi connectivity index (χ1n) is 10.0. The fourth-order valence-electron chi connectivity index (χ4n) is 3.13. The molecule has 0 aliphatic rings. The van der Waals surface area contributed by atoms with Crippen molar-refractivity contribution in [3.63, 3.8) is 0 Å². The van der Waals surface area contributed by atoms with Crippen LogP contribution in [0.2, 0.25) is 0 Å². The largest absolute Gasteiger partial charge is 0.493 e. The second-order valence-corrected chi connectivity index (χ2v) is 8.69. The average Bonchev–Trinajstić information content (AvgIpc) is 2.81. The number of nitro groups is 1. The topological polar surface area (TPSA) is 133 Å². The summed E-state index contributed by atoms with van der Waals surface area (Å²) in [5.41, 5.74) is 3.39. The van der Waals surface area contributed by atoms with Gasteiger partial charge < -0.3 is 14.2 Å². The van der Waals surface area contributed by atoms with Crippen LogP contribution in [0.5, 0.6) is 17.2 Å². The van der Waals surface area contributed by atoms with Gasteiger partial charge >= 0.3 is 0 Å². The Morgan fingerprint density at radius 3 is 2.09 bits per heavy atom. The quantitative estimate of drug-likeness (QED) is 0.294. The van der Waals surface area contributed by atoms with Gasteiger partial charge in [-0.1, -0.05) is 13.8 Å². The summed E-state index contributed by atoms with van der Waals surface area (Å²) in [6.45, 7) is 5.60. The molecule has 2 rings (SSSR count). The molecule has 1 N–H and O–H groups in total. The third kappa shape index (κ3) is 5.52. The molecule has 0 radical (unpaired) electrons. The second-order valence-electron chi connectivity index (χ2n) is 6.75. The molecule has 0 bridgehead atoms. The van der Waals surface area contributed by atoms with Crippen LogP contribution in [0.4, 0.5) is 11.4 Å². The Morgan fingerprint density at radius 1 is 1.06 bits per heavy atom. The number of nitro benzene ring substituents is 1. The van der Waals surface area contributed by atoms with Gasteiger partial charge in [0, 0.05) is 24.7 Å². The van der Waals surface area contributed by atoms with Gasteiger partial charge in [-0.05, 0) is 31.2 Å². The second kappa shape index (κ2) is 11.0. The number of nitrogens with zero attached hydrogens (tertiary/aromatic N) is 3. The Balaban J connectivity index is 2.44. The van der Waals surface area contributed by atoms with Crippen LogP contribution in [0.1, 0.15) is 26.3 Å². The van der Waals surface area contributed by atoms with Gasteiger partial charge in [-0.2, -0.15) is 9.41 Å². The molecule has 0 spiro atoms. The molecule has 2 aromatic rings. The van der Waals surface area contributed by atoms with Crippen molar-refractivity contribution in [1.82, 2.24) is 4.31 Å². The molecule has 0 amide bonds. The van der Waals surface area contributed by atoms with Gasteiger partial charge in [-0.25, -0.2) is 8.42 Å². The molecular weight excluding hydrogens is 452 g/mol. The smallest absolute Gasteiger partial charge is 0.295 e. The van der Waals surface area contributed by atoms with E-state index in [9.17, 15) is 18.5 Å². The van der Waals surface area contributed by atoms with E-state index >= 15 is 0 Å². The standard InChI is InChI=1S/C21H28N4O7S/c1-7-24(8-2)33(28,29)16-9-10-17(18(13-16)25(26)27)23-22-14(3)15-11-19(30-4)21(32-6)20(12-15)31-5/h9-13,23H,7-8H2,1-6H3/b22-14+. The molecule has 0 aliphatic heterocycles. The number of methoxy groups -OCH3 is 3. The van der Waals surface area contributed by atoms with E-state index in [0.29, 0.717) is 28.5 Å². The lowest BCUT2D eigenvalue weighted by molar-refractivity contribution is -0.384. The molecule has 0 fully saturated rings. The minimum atomic E-state index is -3.84. The van der Waals surface area contributed by atoms with E-state index in [1.807, 2.05) is 0 Å².